The van der Waals surface area contributed by atoms with Gasteiger partial charge in [-0.2, -0.15) is 4.31 Å². The summed E-state index contributed by atoms with van der Waals surface area (Å²) < 4.78 is 30.1. The summed E-state index contributed by atoms with van der Waals surface area (Å²) in [6.45, 7) is 0.900. The number of nitrogens with zero attached hydrogens (tertiary/aromatic N) is 2. The van der Waals surface area contributed by atoms with Gasteiger partial charge in [-0.1, -0.05) is 29.8 Å². The third-order valence-electron chi connectivity index (χ3n) is 4.42. The number of rotatable bonds is 2. The molecule has 0 saturated heterocycles. The van der Waals surface area contributed by atoms with E-state index >= 15 is 0 Å². The predicted octanol–water partition coefficient (Wildman–Crippen LogP) is 3.64. The van der Waals surface area contributed by atoms with Crippen LogP contribution >= 0.6 is 22.9 Å². The van der Waals surface area contributed by atoms with Gasteiger partial charge in [0.1, 0.15) is 4.21 Å². The molecule has 3 heterocycles. The topological polar surface area (TPSA) is 42.3 Å². The molecule has 0 N–H and O–H groups in total. The van der Waals surface area contributed by atoms with Gasteiger partial charge in [0.15, 0.2) is 0 Å². The van der Waals surface area contributed by atoms with Gasteiger partial charge in [-0.15, -0.1) is 11.3 Å². The van der Waals surface area contributed by atoms with Gasteiger partial charge in [0.2, 0.25) is 0 Å². The summed E-state index contributed by atoms with van der Waals surface area (Å²) in [6.07, 6.45) is 0.731. The smallest absolute Gasteiger partial charge is 0.252 e. The molecule has 0 radical (unpaired) electrons. The maximum atomic E-state index is 12.8. The summed E-state index contributed by atoms with van der Waals surface area (Å²) in [7, 11) is -1.48. The number of hydrogen-bond acceptors (Lipinski definition) is 3. The Morgan fingerprint density at radius 2 is 1.96 bits per heavy atom. The zero-order valence-corrected chi connectivity index (χ0v) is 14.9. The van der Waals surface area contributed by atoms with E-state index in [2.05, 4.69) is 16.7 Å². The Hall–Kier alpha value is -1.34. The van der Waals surface area contributed by atoms with E-state index in [1.165, 1.54) is 10.9 Å². The number of sulfonamides is 1. The van der Waals surface area contributed by atoms with Crippen LogP contribution in [-0.4, -0.2) is 23.8 Å². The molecule has 0 atom stereocenters. The number of benzene rings is 1. The van der Waals surface area contributed by atoms with Crippen molar-refractivity contribution in [2.45, 2.75) is 17.2 Å². The summed E-state index contributed by atoms with van der Waals surface area (Å²) in [5.41, 5.74) is 3.48. The number of fused-ring (bicyclic) bond motifs is 3. The van der Waals surface area contributed by atoms with Crippen LogP contribution in [0.1, 0.15) is 11.3 Å². The maximum Gasteiger partial charge on any atom is 0.252 e. The van der Waals surface area contributed by atoms with Gasteiger partial charge in [0.05, 0.1) is 10.9 Å². The van der Waals surface area contributed by atoms with Crippen molar-refractivity contribution < 1.29 is 8.42 Å². The van der Waals surface area contributed by atoms with Gasteiger partial charge < -0.3 is 4.57 Å². The minimum atomic E-state index is -3.48. The van der Waals surface area contributed by atoms with E-state index < -0.39 is 10.0 Å². The minimum Gasteiger partial charge on any atom is -0.346 e. The number of thiophene rings is 1. The van der Waals surface area contributed by atoms with E-state index in [-0.39, 0.29) is 0 Å². The first kappa shape index (κ1) is 15.2. The van der Waals surface area contributed by atoms with Crippen molar-refractivity contribution in [3.63, 3.8) is 0 Å². The summed E-state index contributed by atoms with van der Waals surface area (Å²) in [5.74, 6) is 0. The lowest BCUT2D eigenvalue weighted by molar-refractivity contribution is 0.384. The predicted molar refractivity (Wildman–Crippen MR) is 93.5 cm³/mol. The molecular formula is C16H15ClN2O2S2. The van der Waals surface area contributed by atoms with Gasteiger partial charge in [-0.05, 0) is 30.2 Å². The summed E-state index contributed by atoms with van der Waals surface area (Å²) in [5, 5.41) is 1.22. The molecule has 3 aromatic rings. The summed E-state index contributed by atoms with van der Waals surface area (Å²) >= 11 is 7.00. The third kappa shape index (κ3) is 2.32. The van der Waals surface area contributed by atoms with Crippen LogP contribution in [-0.2, 0) is 30.0 Å². The third-order valence-corrected chi connectivity index (χ3v) is 7.97. The van der Waals surface area contributed by atoms with Gasteiger partial charge in [0.25, 0.3) is 10.0 Å². The van der Waals surface area contributed by atoms with Crippen molar-refractivity contribution in [2.75, 3.05) is 6.54 Å². The lowest BCUT2D eigenvalue weighted by Gasteiger charge is -2.26. The maximum absolute atomic E-state index is 12.8. The molecule has 23 heavy (non-hydrogen) atoms. The normalized spacial score (nSPS) is 15.9. The SMILES string of the molecule is Cn1c2c(c3ccccc31)CCN(S(=O)(=O)c1ccc(Cl)s1)C2. The summed E-state index contributed by atoms with van der Waals surface area (Å²) in [4.78, 5) is 0. The quantitative estimate of drug-likeness (QED) is 0.694. The molecule has 4 nitrogen and oxygen atoms in total. The highest BCUT2D eigenvalue weighted by molar-refractivity contribution is 7.91. The standard InChI is InChI=1S/C16H15ClN2O2S2/c1-18-13-5-3-2-4-11(13)12-8-9-19(10-14(12)18)23(20,21)16-7-6-15(17)22-16/h2-7H,8-10H2,1H3. The highest BCUT2D eigenvalue weighted by atomic mass is 35.5. The molecule has 0 bridgehead atoms. The fourth-order valence-electron chi connectivity index (χ4n) is 3.26. The van der Waals surface area contributed by atoms with Crippen LogP contribution in [0.2, 0.25) is 4.34 Å². The van der Waals surface area contributed by atoms with Gasteiger partial charge in [0, 0.05) is 30.2 Å². The number of hydrogen-bond donors (Lipinski definition) is 0. The highest BCUT2D eigenvalue weighted by Crippen LogP contribution is 2.34. The van der Waals surface area contributed by atoms with Gasteiger partial charge in [-0.3, -0.25) is 0 Å². The first-order chi connectivity index (χ1) is 11.0. The van der Waals surface area contributed by atoms with Crippen LogP contribution in [0.4, 0.5) is 0 Å². The first-order valence-corrected chi connectivity index (χ1v) is 9.92. The lowest BCUT2D eigenvalue weighted by atomic mass is 10.1. The Morgan fingerprint density at radius 3 is 2.70 bits per heavy atom. The molecule has 2 aromatic heterocycles. The van der Waals surface area contributed by atoms with E-state index in [1.807, 2.05) is 19.2 Å². The molecule has 0 aliphatic carbocycles. The molecule has 1 aliphatic rings. The Labute approximate surface area is 144 Å². The Bertz CT molecular complexity index is 1000. The van der Waals surface area contributed by atoms with Crippen LogP contribution in [0.3, 0.4) is 0 Å². The van der Waals surface area contributed by atoms with E-state index in [0.29, 0.717) is 21.6 Å². The second-order valence-corrected chi connectivity index (χ2v) is 9.53. The van der Waals surface area contributed by atoms with Crippen molar-refractivity contribution in [3.8, 4) is 0 Å². The van der Waals surface area contributed by atoms with E-state index in [4.69, 9.17) is 11.6 Å². The number of halogens is 1. The highest BCUT2D eigenvalue weighted by Gasteiger charge is 2.32. The average Bonchev–Trinajstić information content (AvgIpc) is 3.11. The molecule has 0 spiro atoms. The Morgan fingerprint density at radius 1 is 1.17 bits per heavy atom. The zero-order valence-electron chi connectivity index (χ0n) is 12.5. The molecule has 120 valence electrons. The van der Waals surface area contributed by atoms with Gasteiger partial charge in [-0.25, -0.2) is 8.42 Å². The minimum absolute atomic E-state index is 0.310. The molecule has 0 unspecified atom stereocenters. The summed E-state index contributed by atoms with van der Waals surface area (Å²) in [6, 6.07) is 11.4. The van der Waals surface area contributed by atoms with Crippen LogP contribution in [0.5, 0.6) is 0 Å². The second kappa shape index (κ2) is 5.34. The van der Waals surface area contributed by atoms with Crippen LogP contribution < -0.4 is 0 Å². The molecule has 4 rings (SSSR count). The number of aromatic nitrogens is 1. The molecule has 0 saturated carbocycles. The van der Waals surface area contributed by atoms with Gasteiger partial charge >= 0.3 is 0 Å². The fourth-order valence-corrected chi connectivity index (χ4v) is 6.30. The van der Waals surface area contributed by atoms with E-state index in [1.54, 1.807) is 16.4 Å². The van der Waals surface area contributed by atoms with Crippen molar-refractivity contribution in [1.29, 1.82) is 0 Å². The van der Waals surface area contributed by atoms with Crippen molar-refractivity contribution >= 4 is 43.9 Å². The largest absolute Gasteiger partial charge is 0.346 e. The molecule has 0 amide bonds. The second-order valence-electron chi connectivity index (χ2n) is 5.65. The zero-order chi connectivity index (χ0) is 16.2. The Balaban J connectivity index is 1.77. The number of para-hydroxylation sites is 1. The molecule has 0 fully saturated rings. The van der Waals surface area contributed by atoms with Crippen molar-refractivity contribution in [1.82, 2.24) is 8.87 Å². The molecule has 7 heteroatoms. The average molecular weight is 367 g/mol. The van der Waals surface area contributed by atoms with Crippen LogP contribution in [0.25, 0.3) is 10.9 Å². The lowest BCUT2D eigenvalue weighted by Crippen LogP contribution is -2.36. The molecule has 1 aromatic carbocycles. The fraction of sp³-hybridized carbons (Fsp3) is 0.250. The van der Waals surface area contributed by atoms with E-state index in [9.17, 15) is 8.42 Å². The Kier molecular flexibility index (Phi) is 3.53. The first-order valence-electron chi connectivity index (χ1n) is 7.29. The van der Waals surface area contributed by atoms with Crippen LogP contribution in [0.15, 0.2) is 40.6 Å². The molecule has 1 aliphatic heterocycles. The van der Waals surface area contributed by atoms with E-state index in [0.717, 1.165) is 29.0 Å². The monoisotopic (exact) mass is 366 g/mol. The van der Waals surface area contributed by atoms with Crippen LogP contribution in [0, 0.1) is 0 Å². The molecular weight excluding hydrogens is 352 g/mol. The van der Waals surface area contributed by atoms with Crippen molar-refractivity contribution in [2.24, 2.45) is 7.05 Å². The number of aryl methyl sites for hydroxylation is 1. The van der Waals surface area contributed by atoms with Crippen molar-refractivity contribution in [3.05, 3.63) is 52.0 Å².